The van der Waals surface area contributed by atoms with E-state index in [1.807, 2.05) is 41.5 Å². The lowest BCUT2D eigenvalue weighted by molar-refractivity contribution is -0.145. The molecule has 2 bridgehead atoms. The Morgan fingerprint density at radius 2 is 1.00 bits per heavy atom. The van der Waals surface area contributed by atoms with Crippen LogP contribution in [-0.4, -0.2) is 11.6 Å². The molecule has 0 radical (unpaired) electrons. The number of ketones is 2. The smallest absolute Gasteiger partial charge is 0.141 e. The zero-order chi connectivity index (χ0) is 15.3. The number of fused-ring (bicyclic) bond motifs is 3. The molecule has 3 aliphatic carbocycles. The maximum absolute atomic E-state index is 12.6. The Kier molecular flexibility index (Phi) is 3.90. The van der Waals surface area contributed by atoms with E-state index in [2.05, 4.69) is 0 Å². The lowest BCUT2D eigenvalue weighted by Crippen LogP contribution is -2.48. The van der Waals surface area contributed by atoms with E-state index < -0.39 is 0 Å². The van der Waals surface area contributed by atoms with Crippen molar-refractivity contribution in [2.75, 3.05) is 0 Å². The molecule has 0 N–H and O–H groups in total. The van der Waals surface area contributed by atoms with Crippen molar-refractivity contribution in [1.82, 2.24) is 0 Å². The summed E-state index contributed by atoms with van der Waals surface area (Å²) < 4.78 is 0. The summed E-state index contributed by atoms with van der Waals surface area (Å²) in [6, 6.07) is 0. The van der Waals surface area contributed by atoms with Crippen molar-refractivity contribution in [2.45, 2.75) is 67.2 Å². The molecule has 0 saturated heterocycles. The zero-order valence-corrected chi connectivity index (χ0v) is 14.0. The number of carbonyl (C=O) groups is 2. The summed E-state index contributed by atoms with van der Waals surface area (Å²) in [5.41, 5.74) is -0.489. The molecule has 4 unspecified atom stereocenters. The van der Waals surface area contributed by atoms with Gasteiger partial charge in [-0.05, 0) is 37.5 Å². The van der Waals surface area contributed by atoms with Gasteiger partial charge in [-0.2, -0.15) is 0 Å². The van der Waals surface area contributed by atoms with E-state index in [9.17, 15) is 9.59 Å². The minimum Gasteiger partial charge on any atom is -0.299 e. The summed E-state index contributed by atoms with van der Waals surface area (Å²) in [6.07, 6.45) is 4.19. The van der Waals surface area contributed by atoms with E-state index in [1.54, 1.807) is 0 Å². The van der Waals surface area contributed by atoms with Crippen molar-refractivity contribution >= 4 is 11.6 Å². The van der Waals surface area contributed by atoms with Crippen LogP contribution in [0, 0.1) is 34.5 Å². The van der Waals surface area contributed by atoms with Crippen LogP contribution >= 0.6 is 0 Å². The maximum atomic E-state index is 12.6. The highest BCUT2D eigenvalue weighted by Gasteiger charge is 2.49. The number of carbonyl (C=O) groups excluding carboxylic acids is 2. The molecule has 0 aliphatic heterocycles. The van der Waals surface area contributed by atoms with Crippen LogP contribution in [0.3, 0.4) is 0 Å². The Labute approximate surface area is 123 Å². The third kappa shape index (κ3) is 2.84. The number of hydrogen-bond donors (Lipinski definition) is 0. The lowest BCUT2D eigenvalue weighted by Gasteiger charge is -2.48. The van der Waals surface area contributed by atoms with Crippen LogP contribution in [0.2, 0.25) is 0 Å². The Hall–Kier alpha value is -0.660. The molecule has 3 saturated carbocycles. The summed E-state index contributed by atoms with van der Waals surface area (Å²) in [5.74, 6) is 2.13. The Morgan fingerprint density at radius 3 is 1.20 bits per heavy atom. The topological polar surface area (TPSA) is 34.1 Å². The zero-order valence-electron chi connectivity index (χ0n) is 14.0. The molecule has 20 heavy (non-hydrogen) atoms. The van der Waals surface area contributed by atoms with Crippen LogP contribution in [0.4, 0.5) is 0 Å². The van der Waals surface area contributed by atoms with Crippen molar-refractivity contribution < 1.29 is 9.59 Å². The standard InChI is InChI=1S/C18H30O2/c1-17(2,3)15(19)13-9-12-8-7-11(13)10-14(12)16(20)18(4,5)6/h11-14H,7-10H2,1-6H3. The lowest BCUT2D eigenvalue weighted by atomic mass is 9.55. The highest BCUT2D eigenvalue weighted by Crippen LogP contribution is 2.51. The van der Waals surface area contributed by atoms with E-state index in [-0.39, 0.29) is 22.7 Å². The van der Waals surface area contributed by atoms with Gasteiger partial charge in [0.25, 0.3) is 0 Å². The Balaban J connectivity index is 2.13. The van der Waals surface area contributed by atoms with E-state index >= 15 is 0 Å². The monoisotopic (exact) mass is 278 g/mol. The fourth-order valence-corrected chi connectivity index (χ4v) is 4.19. The van der Waals surface area contributed by atoms with Gasteiger partial charge >= 0.3 is 0 Å². The summed E-state index contributed by atoms with van der Waals surface area (Å²) in [6.45, 7) is 12.1. The predicted octanol–water partition coefficient (Wildman–Crippen LogP) is 4.27. The molecule has 0 aromatic rings. The van der Waals surface area contributed by atoms with Crippen LogP contribution in [0.25, 0.3) is 0 Å². The van der Waals surface area contributed by atoms with Crippen LogP contribution in [0.15, 0.2) is 0 Å². The van der Waals surface area contributed by atoms with Crippen LogP contribution in [0.1, 0.15) is 67.2 Å². The molecule has 2 heteroatoms. The van der Waals surface area contributed by atoms with Gasteiger partial charge in [0.1, 0.15) is 11.6 Å². The number of rotatable bonds is 2. The van der Waals surface area contributed by atoms with Gasteiger partial charge in [-0.3, -0.25) is 9.59 Å². The first-order valence-electron chi connectivity index (χ1n) is 8.10. The van der Waals surface area contributed by atoms with Gasteiger partial charge in [-0.15, -0.1) is 0 Å². The van der Waals surface area contributed by atoms with Crippen LogP contribution < -0.4 is 0 Å². The van der Waals surface area contributed by atoms with E-state index in [1.165, 1.54) is 0 Å². The van der Waals surface area contributed by atoms with E-state index in [0.29, 0.717) is 23.4 Å². The van der Waals surface area contributed by atoms with Gasteiger partial charge in [0.2, 0.25) is 0 Å². The van der Waals surface area contributed by atoms with Crippen molar-refractivity contribution in [2.24, 2.45) is 34.5 Å². The highest BCUT2D eigenvalue weighted by atomic mass is 16.1. The fraction of sp³-hybridized carbons (Fsp3) is 0.889. The number of Topliss-reactive ketones (excluding diaryl/α,β-unsaturated/α-hetero) is 2. The van der Waals surface area contributed by atoms with Gasteiger partial charge < -0.3 is 0 Å². The molecule has 114 valence electrons. The molecule has 0 heterocycles. The second-order valence-electron chi connectivity index (χ2n) is 9.01. The van der Waals surface area contributed by atoms with Gasteiger partial charge in [-0.25, -0.2) is 0 Å². The van der Waals surface area contributed by atoms with Crippen LogP contribution in [0.5, 0.6) is 0 Å². The summed E-state index contributed by atoms with van der Waals surface area (Å²) in [4.78, 5) is 25.2. The van der Waals surface area contributed by atoms with Crippen molar-refractivity contribution in [3.05, 3.63) is 0 Å². The second-order valence-corrected chi connectivity index (χ2v) is 9.01. The van der Waals surface area contributed by atoms with E-state index in [0.717, 1.165) is 25.7 Å². The molecule has 2 nitrogen and oxygen atoms in total. The van der Waals surface area contributed by atoms with Crippen LogP contribution in [-0.2, 0) is 9.59 Å². The first kappa shape index (κ1) is 15.7. The molecule has 0 aromatic heterocycles. The highest BCUT2D eigenvalue weighted by molar-refractivity contribution is 5.89. The Morgan fingerprint density at radius 1 is 0.700 bits per heavy atom. The van der Waals surface area contributed by atoms with Gasteiger partial charge in [0.05, 0.1) is 0 Å². The molecular formula is C18H30O2. The molecule has 0 amide bonds. The average molecular weight is 278 g/mol. The largest absolute Gasteiger partial charge is 0.299 e. The average Bonchev–Trinajstić information content (AvgIpc) is 2.35. The molecule has 3 rings (SSSR count). The molecule has 0 aromatic carbocycles. The summed E-state index contributed by atoms with van der Waals surface area (Å²) in [7, 11) is 0. The van der Waals surface area contributed by atoms with Crippen molar-refractivity contribution in [1.29, 1.82) is 0 Å². The summed E-state index contributed by atoms with van der Waals surface area (Å²) in [5, 5.41) is 0. The van der Waals surface area contributed by atoms with Gasteiger partial charge in [-0.1, -0.05) is 41.5 Å². The first-order valence-corrected chi connectivity index (χ1v) is 8.10. The quantitative estimate of drug-likeness (QED) is 0.756. The molecular weight excluding hydrogens is 248 g/mol. The number of hydrogen-bond acceptors (Lipinski definition) is 2. The van der Waals surface area contributed by atoms with Crippen molar-refractivity contribution in [3.8, 4) is 0 Å². The third-order valence-electron chi connectivity index (χ3n) is 5.31. The normalized spacial score (nSPS) is 34.1. The van der Waals surface area contributed by atoms with Crippen molar-refractivity contribution in [3.63, 3.8) is 0 Å². The third-order valence-corrected chi connectivity index (χ3v) is 5.31. The second kappa shape index (κ2) is 4.96. The first-order chi connectivity index (χ1) is 9.01. The SMILES string of the molecule is CC(C)(C)C(=O)C1CC2CCC1CC2C(=O)C(C)(C)C. The molecule has 3 fully saturated rings. The fourth-order valence-electron chi connectivity index (χ4n) is 4.19. The summed E-state index contributed by atoms with van der Waals surface area (Å²) >= 11 is 0. The van der Waals surface area contributed by atoms with E-state index in [4.69, 9.17) is 0 Å². The van der Waals surface area contributed by atoms with Gasteiger partial charge in [0.15, 0.2) is 0 Å². The minimum atomic E-state index is -0.244. The maximum Gasteiger partial charge on any atom is 0.141 e. The predicted molar refractivity (Wildman–Crippen MR) is 81.4 cm³/mol. The molecule has 0 spiro atoms. The molecule has 4 atom stereocenters. The Bertz CT molecular complexity index is 368. The van der Waals surface area contributed by atoms with Gasteiger partial charge in [0, 0.05) is 22.7 Å². The molecule has 3 aliphatic rings. The minimum absolute atomic E-state index is 0.206.